The molecule has 1 unspecified atom stereocenters. The Balaban J connectivity index is 1.65. The summed E-state index contributed by atoms with van der Waals surface area (Å²) in [4.78, 5) is 4.31. The quantitative estimate of drug-likeness (QED) is 0.833. The number of aliphatic imine (C=N–C) groups is 1. The summed E-state index contributed by atoms with van der Waals surface area (Å²) in [5, 5.41) is 6.44. The first-order valence-electron chi connectivity index (χ1n) is 5.67. The molecule has 1 atom stereocenters. The van der Waals surface area contributed by atoms with Crippen LogP contribution in [0.4, 0.5) is 0 Å². The first kappa shape index (κ1) is 12.2. The molecule has 0 aromatic heterocycles. The first-order valence-corrected chi connectivity index (χ1v) is 6.46. The standard InChI is InChI=1S/C12H16BrN3O/c1-9-8-15-12(16-9)14-6-7-17-11-4-2-10(13)3-5-11/h2-5,9H,6-8H2,1H3,(H2,14,15,16). The molecule has 0 radical (unpaired) electrons. The third kappa shape index (κ3) is 3.93. The van der Waals surface area contributed by atoms with Gasteiger partial charge in [0.2, 0.25) is 0 Å². The summed E-state index contributed by atoms with van der Waals surface area (Å²) in [6.45, 7) is 4.32. The van der Waals surface area contributed by atoms with E-state index in [0.29, 0.717) is 12.6 Å². The number of rotatable bonds is 4. The molecule has 0 amide bonds. The number of benzene rings is 1. The topological polar surface area (TPSA) is 45.7 Å². The predicted molar refractivity (Wildman–Crippen MR) is 72.5 cm³/mol. The van der Waals surface area contributed by atoms with Crippen molar-refractivity contribution in [2.24, 2.45) is 4.99 Å². The Labute approximate surface area is 110 Å². The van der Waals surface area contributed by atoms with E-state index in [0.717, 1.165) is 29.3 Å². The maximum Gasteiger partial charge on any atom is 0.191 e. The van der Waals surface area contributed by atoms with Crippen molar-refractivity contribution >= 4 is 21.9 Å². The average Bonchev–Trinajstić information content (AvgIpc) is 2.73. The van der Waals surface area contributed by atoms with Crippen LogP contribution in [0.2, 0.25) is 0 Å². The predicted octanol–water partition coefficient (Wildman–Crippen LogP) is 1.77. The maximum atomic E-state index is 5.58. The summed E-state index contributed by atoms with van der Waals surface area (Å²) < 4.78 is 6.64. The molecule has 2 N–H and O–H groups in total. The minimum Gasteiger partial charge on any atom is -0.492 e. The van der Waals surface area contributed by atoms with Gasteiger partial charge in [-0.2, -0.15) is 0 Å². The van der Waals surface area contributed by atoms with Gasteiger partial charge in [-0.05, 0) is 31.2 Å². The van der Waals surface area contributed by atoms with E-state index in [1.807, 2.05) is 24.3 Å². The van der Waals surface area contributed by atoms with Crippen LogP contribution in [0.1, 0.15) is 6.92 Å². The van der Waals surface area contributed by atoms with Gasteiger partial charge in [0.25, 0.3) is 0 Å². The molecular weight excluding hydrogens is 282 g/mol. The van der Waals surface area contributed by atoms with Crippen LogP contribution < -0.4 is 15.4 Å². The number of nitrogens with one attached hydrogen (secondary N) is 2. The Kier molecular flexibility index (Phi) is 4.25. The molecule has 5 heteroatoms. The highest BCUT2D eigenvalue weighted by Crippen LogP contribution is 2.15. The lowest BCUT2D eigenvalue weighted by Gasteiger charge is -2.10. The van der Waals surface area contributed by atoms with Crippen LogP contribution in [0.25, 0.3) is 0 Å². The van der Waals surface area contributed by atoms with Gasteiger partial charge in [0, 0.05) is 10.5 Å². The summed E-state index contributed by atoms with van der Waals surface area (Å²) in [5.74, 6) is 1.75. The number of guanidine groups is 1. The molecule has 1 aromatic rings. The monoisotopic (exact) mass is 297 g/mol. The Morgan fingerprint density at radius 1 is 1.47 bits per heavy atom. The zero-order valence-electron chi connectivity index (χ0n) is 9.74. The van der Waals surface area contributed by atoms with Crippen molar-refractivity contribution in [1.82, 2.24) is 10.6 Å². The van der Waals surface area contributed by atoms with E-state index >= 15 is 0 Å². The van der Waals surface area contributed by atoms with Crippen LogP contribution in [-0.2, 0) is 0 Å². The zero-order valence-corrected chi connectivity index (χ0v) is 11.3. The Hall–Kier alpha value is -1.23. The van der Waals surface area contributed by atoms with Crippen molar-refractivity contribution in [3.8, 4) is 5.75 Å². The van der Waals surface area contributed by atoms with E-state index in [2.05, 4.69) is 38.5 Å². The lowest BCUT2D eigenvalue weighted by atomic mass is 10.3. The number of halogens is 1. The Morgan fingerprint density at radius 2 is 2.24 bits per heavy atom. The van der Waals surface area contributed by atoms with Gasteiger partial charge in [0.05, 0.1) is 13.1 Å². The molecule has 17 heavy (non-hydrogen) atoms. The molecule has 1 aromatic carbocycles. The van der Waals surface area contributed by atoms with Crippen LogP contribution in [0.5, 0.6) is 5.75 Å². The van der Waals surface area contributed by atoms with Crippen molar-refractivity contribution in [3.63, 3.8) is 0 Å². The molecule has 1 aliphatic rings. The lowest BCUT2D eigenvalue weighted by Crippen LogP contribution is -2.39. The highest BCUT2D eigenvalue weighted by molar-refractivity contribution is 9.10. The van der Waals surface area contributed by atoms with Gasteiger partial charge in [0.1, 0.15) is 12.4 Å². The van der Waals surface area contributed by atoms with Crippen LogP contribution >= 0.6 is 15.9 Å². The second-order valence-electron chi connectivity index (χ2n) is 3.96. The molecule has 0 fully saturated rings. The van der Waals surface area contributed by atoms with Crippen molar-refractivity contribution < 1.29 is 4.74 Å². The van der Waals surface area contributed by atoms with Crippen LogP contribution in [0, 0.1) is 0 Å². The summed E-state index contributed by atoms with van der Waals surface area (Å²) in [6, 6.07) is 8.25. The molecule has 0 saturated heterocycles. The van der Waals surface area contributed by atoms with Crippen LogP contribution in [0.3, 0.4) is 0 Å². The summed E-state index contributed by atoms with van der Waals surface area (Å²) in [5.41, 5.74) is 0. The molecule has 1 aliphatic heterocycles. The van der Waals surface area contributed by atoms with Crippen LogP contribution in [-0.4, -0.2) is 31.7 Å². The highest BCUT2D eigenvalue weighted by Gasteiger charge is 2.10. The minimum absolute atomic E-state index is 0.435. The fourth-order valence-corrected chi connectivity index (χ4v) is 1.79. The van der Waals surface area contributed by atoms with E-state index in [4.69, 9.17) is 4.74 Å². The second kappa shape index (κ2) is 5.91. The summed E-state index contributed by atoms with van der Waals surface area (Å²) in [7, 11) is 0. The number of hydrogen-bond acceptors (Lipinski definition) is 4. The third-order valence-corrected chi connectivity index (χ3v) is 2.91. The summed E-state index contributed by atoms with van der Waals surface area (Å²) >= 11 is 3.39. The Bertz CT molecular complexity index is 391. The molecule has 4 nitrogen and oxygen atoms in total. The highest BCUT2D eigenvalue weighted by atomic mass is 79.9. The average molecular weight is 298 g/mol. The van der Waals surface area contributed by atoms with Crippen molar-refractivity contribution in [2.75, 3.05) is 19.7 Å². The van der Waals surface area contributed by atoms with Crippen molar-refractivity contribution in [3.05, 3.63) is 28.7 Å². The van der Waals surface area contributed by atoms with Gasteiger partial charge in [0.15, 0.2) is 5.96 Å². The smallest absolute Gasteiger partial charge is 0.191 e. The van der Waals surface area contributed by atoms with Gasteiger partial charge >= 0.3 is 0 Å². The van der Waals surface area contributed by atoms with E-state index in [9.17, 15) is 0 Å². The van der Waals surface area contributed by atoms with E-state index in [1.54, 1.807) is 0 Å². The molecule has 2 rings (SSSR count). The van der Waals surface area contributed by atoms with Crippen LogP contribution in [0.15, 0.2) is 33.7 Å². The fourth-order valence-electron chi connectivity index (χ4n) is 1.53. The number of nitrogens with zero attached hydrogens (tertiary/aromatic N) is 1. The van der Waals surface area contributed by atoms with E-state index in [1.165, 1.54) is 0 Å². The normalized spacial score (nSPS) is 18.5. The fraction of sp³-hybridized carbons (Fsp3) is 0.417. The van der Waals surface area contributed by atoms with Crippen molar-refractivity contribution in [1.29, 1.82) is 0 Å². The number of hydrogen-bond donors (Lipinski definition) is 2. The largest absolute Gasteiger partial charge is 0.492 e. The molecule has 0 bridgehead atoms. The SMILES string of the molecule is CC1CN=C(NCCOc2ccc(Br)cc2)N1. The van der Waals surface area contributed by atoms with E-state index < -0.39 is 0 Å². The van der Waals surface area contributed by atoms with Gasteiger partial charge in [-0.25, -0.2) is 0 Å². The third-order valence-electron chi connectivity index (χ3n) is 2.38. The molecule has 0 saturated carbocycles. The van der Waals surface area contributed by atoms with Gasteiger partial charge < -0.3 is 15.4 Å². The molecule has 1 heterocycles. The summed E-state index contributed by atoms with van der Waals surface area (Å²) in [6.07, 6.45) is 0. The second-order valence-corrected chi connectivity index (χ2v) is 4.88. The molecule has 0 aliphatic carbocycles. The Morgan fingerprint density at radius 3 is 2.88 bits per heavy atom. The molecule has 92 valence electrons. The van der Waals surface area contributed by atoms with E-state index in [-0.39, 0.29) is 0 Å². The van der Waals surface area contributed by atoms with Gasteiger partial charge in [-0.1, -0.05) is 15.9 Å². The van der Waals surface area contributed by atoms with Gasteiger partial charge in [-0.15, -0.1) is 0 Å². The molecule has 0 spiro atoms. The molecular formula is C12H16BrN3O. The zero-order chi connectivity index (χ0) is 12.1. The number of ether oxygens (including phenoxy) is 1. The van der Waals surface area contributed by atoms with Crippen molar-refractivity contribution in [2.45, 2.75) is 13.0 Å². The minimum atomic E-state index is 0.435. The van der Waals surface area contributed by atoms with Gasteiger partial charge in [-0.3, -0.25) is 4.99 Å². The lowest BCUT2D eigenvalue weighted by molar-refractivity contribution is 0.322. The maximum absolute atomic E-state index is 5.58. The first-order chi connectivity index (χ1) is 8.24.